The van der Waals surface area contributed by atoms with Crippen molar-refractivity contribution in [1.29, 1.82) is 0 Å². The Kier molecular flexibility index (Phi) is 4.29. The van der Waals surface area contributed by atoms with Crippen LogP contribution in [-0.4, -0.2) is 19.7 Å². The number of rotatable bonds is 4. The maximum Gasteiger partial charge on any atom is 0.175 e. The standard InChI is InChI=1S/C15H16N2O2S2/c1-10-9-12(5-8-14(10)15(16)20)17-11-3-6-13(7-4-11)21(2,18)19/h3-9,17H,1-2H3,(H2,16,20). The highest BCUT2D eigenvalue weighted by atomic mass is 32.2. The van der Waals surface area contributed by atoms with Crippen molar-refractivity contribution in [2.75, 3.05) is 11.6 Å². The smallest absolute Gasteiger partial charge is 0.175 e. The third-order valence-corrected chi connectivity index (χ3v) is 4.41. The first-order valence-corrected chi connectivity index (χ1v) is 8.55. The van der Waals surface area contributed by atoms with Gasteiger partial charge in [-0.3, -0.25) is 0 Å². The van der Waals surface area contributed by atoms with Gasteiger partial charge >= 0.3 is 0 Å². The highest BCUT2D eigenvalue weighted by Gasteiger charge is 2.07. The van der Waals surface area contributed by atoms with Crippen LogP contribution in [0.5, 0.6) is 0 Å². The number of nitrogens with one attached hydrogen (secondary N) is 1. The molecule has 0 amide bonds. The fourth-order valence-corrected chi connectivity index (χ4v) is 2.83. The highest BCUT2D eigenvalue weighted by Crippen LogP contribution is 2.21. The maximum atomic E-state index is 11.4. The average molecular weight is 320 g/mol. The van der Waals surface area contributed by atoms with Gasteiger partial charge in [0, 0.05) is 23.2 Å². The molecule has 3 N–H and O–H groups in total. The summed E-state index contributed by atoms with van der Waals surface area (Å²) in [6.45, 7) is 1.94. The van der Waals surface area contributed by atoms with Crippen molar-refractivity contribution < 1.29 is 8.42 Å². The molecule has 2 rings (SSSR count). The van der Waals surface area contributed by atoms with E-state index in [1.165, 1.54) is 6.26 Å². The van der Waals surface area contributed by atoms with Crippen molar-refractivity contribution in [3.8, 4) is 0 Å². The van der Waals surface area contributed by atoms with Crippen molar-refractivity contribution in [3.63, 3.8) is 0 Å². The molecular formula is C15H16N2O2S2. The van der Waals surface area contributed by atoms with Crippen LogP contribution in [0.4, 0.5) is 11.4 Å². The molecule has 0 aliphatic rings. The van der Waals surface area contributed by atoms with E-state index >= 15 is 0 Å². The van der Waals surface area contributed by atoms with Crippen LogP contribution >= 0.6 is 12.2 Å². The van der Waals surface area contributed by atoms with Gasteiger partial charge in [-0.15, -0.1) is 0 Å². The number of aryl methyl sites for hydroxylation is 1. The number of sulfone groups is 1. The molecule has 0 saturated carbocycles. The summed E-state index contributed by atoms with van der Waals surface area (Å²) >= 11 is 4.97. The first kappa shape index (κ1) is 15.5. The molecule has 6 heteroatoms. The zero-order chi connectivity index (χ0) is 15.6. The molecule has 0 bridgehead atoms. The molecule has 0 fully saturated rings. The first-order chi connectivity index (χ1) is 9.77. The second-order valence-electron chi connectivity index (χ2n) is 4.82. The Morgan fingerprint density at radius 3 is 2.14 bits per heavy atom. The number of thiocarbonyl (C=S) groups is 1. The number of benzene rings is 2. The zero-order valence-electron chi connectivity index (χ0n) is 11.8. The Bertz CT molecular complexity index is 782. The monoisotopic (exact) mass is 320 g/mol. The van der Waals surface area contributed by atoms with Crippen LogP contribution in [0.2, 0.25) is 0 Å². The van der Waals surface area contributed by atoms with E-state index in [-0.39, 0.29) is 0 Å². The van der Waals surface area contributed by atoms with E-state index in [0.717, 1.165) is 22.5 Å². The van der Waals surface area contributed by atoms with Crippen LogP contribution in [0, 0.1) is 6.92 Å². The van der Waals surface area contributed by atoms with Gasteiger partial charge in [-0.25, -0.2) is 8.42 Å². The van der Waals surface area contributed by atoms with Crippen LogP contribution in [0.3, 0.4) is 0 Å². The lowest BCUT2D eigenvalue weighted by Crippen LogP contribution is -2.11. The van der Waals surface area contributed by atoms with E-state index in [4.69, 9.17) is 18.0 Å². The van der Waals surface area contributed by atoms with Gasteiger partial charge in [0.05, 0.1) is 4.90 Å². The third-order valence-electron chi connectivity index (χ3n) is 3.06. The zero-order valence-corrected chi connectivity index (χ0v) is 13.4. The molecule has 4 nitrogen and oxygen atoms in total. The Morgan fingerprint density at radius 1 is 1.10 bits per heavy atom. The summed E-state index contributed by atoms with van der Waals surface area (Å²) in [6.07, 6.45) is 1.19. The van der Waals surface area contributed by atoms with Crippen molar-refractivity contribution in [3.05, 3.63) is 53.6 Å². The normalized spacial score (nSPS) is 11.1. The quantitative estimate of drug-likeness (QED) is 0.848. The van der Waals surface area contributed by atoms with E-state index in [2.05, 4.69) is 5.32 Å². The minimum absolute atomic E-state index is 0.299. The van der Waals surface area contributed by atoms with E-state index in [1.807, 2.05) is 25.1 Å². The molecule has 0 unspecified atom stereocenters. The minimum atomic E-state index is -3.17. The summed E-state index contributed by atoms with van der Waals surface area (Å²) in [5, 5.41) is 3.21. The van der Waals surface area contributed by atoms with Crippen molar-refractivity contribution in [2.45, 2.75) is 11.8 Å². The summed E-state index contributed by atoms with van der Waals surface area (Å²) in [6, 6.07) is 12.3. The maximum absolute atomic E-state index is 11.4. The Hall–Kier alpha value is -1.92. The number of hydrogen-bond donors (Lipinski definition) is 2. The van der Waals surface area contributed by atoms with Crippen LogP contribution in [0.25, 0.3) is 0 Å². The van der Waals surface area contributed by atoms with Crippen LogP contribution in [0.1, 0.15) is 11.1 Å². The third kappa shape index (κ3) is 3.80. The molecule has 0 radical (unpaired) electrons. The lowest BCUT2D eigenvalue weighted by molar-refractivity contribution is 0.602. The number of hydrogen-bond acceptors (Lipinski definition) is 4. The Morgan fingerprint density at radius 2 is 1.67 bits per heavy atom. The average Bonchev–Trinajstić information content (AvgIpc) is 2.38. The van der Waals surface area contributed by atoms with Crippen molar-refractivity contribution in [1.82, 2.24) is 0 Å². The van der Waals surface area contributed by atoms with E-state index in [0.29, 0.717) is 9.88 Å². The molecule has 0 aliphatic heterocycles. The van der Waals surface area contributed by atoms with Gasteiger partial charge in [-0.1, -0.05) is 12.2 Å². The molecule has 0 aliphatic carbocycles. The fraction of sp³-hybridized carbons (Fsp3) is 0.133. The molecule has 0 saturated heterocycles. The van der Waals surface area contributed by atoms with Crippen molar-refractivity contribution >= 4 is 38.4 Å². The molecule has 110 valence electrons. The van der Waals surface area contributed by atoms with E-state index in [1.54, 1.807) is 24.3 Å². The van der Waals surface area contributed by atoms with E-state index < -0.39 is 9.84 Å². The largest absolute Gasteiger partial charge is 0.389 e. The van der Waals surface area contributed by atoms with Gasteiger partial charge < -0.3 is 11.1 Å². The molecule has 0 aromatic heterocycles. The molecule has 2 aromatic carbocycles. The molecular weight excluding hydrogens is 304 g/mol. The summed E-state index contributed by atoms with van der Waals surface area (Å²) in [5.41, 5.74) is 9.16. The van der Waals surface area contributed by atoms with Crippen molar-refractivity contribution in [2.24, 2.45) is 5.73 Å². The van der Waals surface area contributed by atoms with Crippen LogP contribution in [0.15, 0.2) is 47.4 Å². The molecule has 0 atom stereocenters. The van der Waals surface area contributed by atoms with Gasteiger partial charge in [0.1, 0.15) is 4.99 Å². The predicted octanol–water partition coefficient (Wildman–Crippen LogP) is 2.78. The van der Waals surface area contributed by atoms with Gasteiger partial charge in [0.2, 0.25) is 0 Å². The molecule has 0 heterocycles. The summed E-state index contributed by atoms with van der Waals surface area (Å²) < 4.78 is 22.8. The van der Waals surface area contributed by atoms with Crippen LogP contribution in [-0.2, 0) is 9.84 Å². The summed E-state index contributed by atoms with van der Waals surface area (Å²) in [5.74, 6) is 0. The van der Waals surface area contributed by atoms with Gasteiger partial charge in [-0.05, 0) is 55.0 Å². The Labute approximate surface area is 129 Å². The highest BCUT2D eigenvalue weighted by molar-refractivity contribution is 7.90. The minimum Gasteiger partial charge on any atom is -0.389 e. The summed E-state index contributed by atoms with van der Waals surface area (Å²) in [7, 11) is -3.17. The summed E-state index contributed by atoms with van der Waals surface area (Å²) in [4.78, 5) is 0.671. The van der Waals surface area contributed by atoms with Gasteiger partial charge in [0.15, 0.2) is 9.84 Å². The molecule has 21 heavy (non-hydrogen) atoms. The lowest BCUT2D eigenvalue weighted by atomic mass is 10.1. The number of anilines is 2. The number of nitrogens with two attached hydrogens (primary N) is 1. The second-order valence-corrected chi connectivity index (χ2v) is 7.27. The molecule has 0 spiro atoms. The second kappa shape index (κ2) is 5.83. The predicted molar refractivity (Wildman–Crippen MR) is 89.9 cm³/mol. The topological polar surface area (TPSA) is 72.2 Å². The fourth-order valence-electron chi connectivity index (χ4n) is 1.97. The lowest BCUT2D eigenvalue weighted by Gasteiger charge is -2.10. The first-order valence-electron chi connectivity index (χ1n) is 6.25. The Balaban J connectivity index is 2.23. The van der Waals surface area contributed by atoms with Gasteiger partial charge in [0.25, 0.3) is 0 Å². The van der Waals surface area contributed by atoms with Gasteiger partial charge in [-0.2, -0.15) is 0 Å². The molecule has 2 aromatic rings. The SMILES string of the molecule is Cc1cc(Nc2ccc(S(C)(=O)=O)cc2)ccc1C(N)=S. The van der Waals surface area contributed by atoms with E-state index in [9.17, 15) is 8.42 Å². The van der Waals surface area contributed by atoms with Crippen LogP contribution < -0.4 is 11.1 Å².